The second-order valence-corrected chi connectivity index (χ2v) is 28.2. The molecule has 0 unspecified atom stereocenters. The number of ketones is 1. The molecule has 12 fully saturated rings. The van der Waals surface area contributed by atoms with Gasteiger partial charge < -0.3 is 18.9 Å². The van der Waals surface area contributed by atoms with E-state index in [0.29, 0.717) is 23.1 Å². The van der Waals surface area contributed by atoms with Crippen LogP contribution in [0.15, 0.2) is 127 Å². The maximum Gasteiger partial charge on any atom is 0.412 e. The maximum atomic E-state index is 13.6. The van der Waals surface area contributed by atoms with Gasteiger partial charge in [-0.05, 0) is 313 Å². The van der Waals surface area contributed by atoms with Crippen molar-refractivity contribution >= 4 is 41.1 Å². The summed E-state index contributed by atoms with van der Waals surface area (Å²) in [6.45, 7) is 7.57. The van der Waals surface area contributed by atoms with Crippen molar-refractivity contribution in [2.45, 2.75) is 154 Å². The van der Waals surface area contributed by atoms with E-state index in [4.69, 9.17) is 18.9 Å². The Kier molecular flexibility index (Phi) is 16.3. The molecule has 0 radical (unpaired) electrons. The number of Topliss-reactive ketones (excluding diaryl/α,β-unsaturated/α-hetero) is 1. The predicted octanol–water partition coefficient (Wildman–Crippen LogP) is 18.7. The highest BCUT2D eigenvalue weighted by atomic mass is 19.1. The van der Waals surface area contributed by atoms with Crippen LogP contribution in [0.2, 0.25) is 0 Å². The molecule has 6 aromatic carbocycles. The fourth-order valence-corrected chi connectivity index (χ4v) is 18.8. The van der Waals surface area contributed by atoms with Gasteiger partial charge in [0.2, 0.25) is 0 Å². The lowest BCUT2D eigenvalue weighted by Crippen LogP contribution is -2.53. The number of amides is 3. The van der Waals surface area contributed by atoms with E-state index in [1.54, 1.807) is 14.0 Å². The van der Waals surface area contributed by atoms with Gasteiger partial charge in [-0.3, -0.25) is 20.7 Å². The van der Waals surface area contributed by atoms with Crippen molar-refractivity contribution in [1.82, 2.24) is 0 Å². The Morgan fingerprint density at radius 1 is 0.437 bits per heavy atom. The van der Waals surface area contributed by atoms with E-state index in [2.05, 4.69) is 41.9 Å². The summed E-state index contributed by atoms with van der Waals surface area (Å²) in [5, 5.41) is 8.73. The summed E-state index contributed by atoms with van der Waals surface area (Å²) in [6.07, 6.45) is 19.7. The summed E-state index contributed by atoms with van der Waals surface area (Å²) in [4.78, 5) is 49.3. The molecule has 0 saturated heterocycles. The normalized spacial score (nSPS) is 29.6. The van der Waals surface area contributed by atoms with Gasteiger partial charge in [0, 0.05) is 22.6 Å². The number of halogens is 1. The number of rotatable bonds is 11. The van der Waals surface area contributed by atoms with Gasteiger partial charge in [-0.2, -0.15) is 0 Å². The number of anilines is 3. The minimum absolute atomic E-state index is 0.0534. The minimum Gasteiger partial charge on any atom is -0.496 e. The van der Waals surface area contributed by atoms with Gasteiger partial charge in [0.25, 0.3) is 0 Å². The van der Waals surface area contributed by atoms with E-state index in [1.165, 1.54) is 82.8 Å². The zero-order chi connectivity index (χ0) is 60.1. The Bertz CT molecular complexity index is 3400. The number of methoxy groups -OCH3 is 1. The highest BCUT2D eigenvalue weighted by Crippen LogP contribution is 2.59. The molecule has 0 spiro atoms. The van der Waals surface area contributed by atoms with E-state index in [0.717, 1.165) is 153 Å². The average Bonchev–Trinajstić information content (AvgIpc) is 0.866. The van der Waals surface area contributed by atoms with Crippen LogP contribution in [0, 0.1) is 85.8 Å². The molecule has 12 heteroatoms. The number of carbonyl (C=O) groups excluding carboxylic acids is 4. The molecule has 87 heavy (non-hydrogen) atoms. The fraction of sp³-hybridized carbons (Fsp3) is 0.467. The van der Waals surface area contributed by atoms with Gasteiger partial charge in [-0.1, -0.05) is 60.7 Å². The second kappa shape index (κ2) is 24.2. The van der Waals surface area contributed by atoms with Crippen LogP contribution in [0.5, 0.6) is 5.75 Å². The molecule has 11 nitrogen and oxygen atoms in total. The average molecular weight is 1170 g/mol. The Hall–Kier alpha value is -7.47. The zero-order valence-electron chi connectivity index (χ0n) is 51.1. The predicted molar refractivity (Wildman–Crippen MR) is 339 cm³/mol. The lowest BCUT2D eigenvalue weighted by Gasteiger charge is -2.55. The highest BCUT2D eigenvalue weighted by Gasteiger charge is 2.55. The van der Waals surface area contributed by atoms with Crippen LogP contribution in [-0.2, 0) is 14.2 Å². The van der Waals surface area contributed by atoms with Crippen molar-refractivity contribution in [3.8, 4) is 39.1 Å². The number of carbonyl (C=O) groups is 4. The third-order valence-electron chi connectivity index (χ3n) is 21.3. The van der Waals surface area contributed by atoms with Gasteiger partial charge in [0.1, 0.15) is 28.9 Å². The molecule has 454 valence electrons. The van der Waals surface area contributed by atoms with Crippen LogP contribution in [0.4, 0.5) is 35.8 Å². The molecular formula is C75H84FN3O8. The smallest absolute Gasteiger partial charge is 0.412 e. The summed E-state index contributed by atoms with van der Waals surface area (Å²) >= 11 is 0. The first-order valence-corrected chi connectivity index (χ1v) is 32.3. The number of nitrogens with one attached hydrogen (secondary N) is 3. The number of ether oxygens (including phenoxy) is 4. The van der Waals surface area contributed by atoms with Crippen LogP contribution in [0.3, 0.4) is 0 Å². The van der Waals surface area contributed by atoms with E-state index in [1.807, 2.05) is 110 Å². The van der Waals surface area contributed by atoms with Crippen LogP contribution in [-0.4, -0.2) is 48.5 Å². The van der Waals surface area contributed by atoms with Crippen molar-refractivity contribution in [2.75, 3.05) is 23.1 Å². The first-order valence-electron chi connectivity index (χ1n) is 32.3. The Balaban J connectivity index is 0.000000121. The SMILES string of the molecule is CC(=O)c1cccc(-c2ccc(NC(=O)OC3C4CC5CC(C4)CC3C5)cc2)c1.COc1c(C)cc(-c2ccc(NC(=O)OC34CC5CC(CC(C5)C3)C4)cc2)cc1C.Cc1cc(F)cc(-c2ccc(NC(=O)OC34CC5CC(CC(C5)C3)C4)cc2)c1. The third-order valence-corrected chi connectivity index (χ3v) is 21.3. The molecule has 3 N–H and O–H groups in total. The molecule has 12 saturated carbocycles. The summed E-state index contributed by atoms with van der Waals surface area (Å²) in [6, 6.07) is 40.0. The van der Waals surface area contributed by atoms with Crippen LogP contribution >= 0.6 is 0 Å². The Morgan fingerprint density at radius 3 is 1.23 bits per heavy atom. The molecule has 0 atom stereocenters. The van der Waals surface area contributed by atoms with Crippen LogP contribution < -0.4 is 20.7 Å². The third kappa shape index (κ3) is 13.2. The van der Waals surface area contributed by atoms with Crippen LogP contribution in [0.25, 0.3) is 33.4 Å². The standard InChI is InChI=1S/C26H31NO3.C25H27NO3.C24H26FNO2/c1-16-8-22(9-17(2)24(16)29-3)21-4-6-23(7-5-21)27-25(28)30-26-13-18-10-19(14-26)12-20(11-18)15-26;1-15(27)19-3-2-4-20(14-19)18-5-7-23(8-6-18)26-25(28)29-24-21-10-16-9-17(12-21)13-22(24)11-16;1-15-6-20(11-21(25)7-15)19-2-4-22(5-3-19)26-23(27)28-24-12-16-8-17(13-24)10-18(9-16)14-24/h4-9,18-20H,10-15H2,1-3H3,(H,27,28);2-8,14,16-17,21-22,24H,9-13H2,1H3,(H,26,28);2-7,11,16-18H,8-10,12-14H2,1H3,(H,26,27). The van der Waals surface area contributed by atoms with Crippen molar-refractivity contribution in [2.24, 2.45) is 59.2 Å². The first kappa shape index (κ1) is 58.5. The first-order chi connectivity index (χ1) is 41.9. The molecule has 18 rings (SSSR count). The number of benzene rings is 6. The van der Waals surface area contributed by atoms with Crippen molar-refractivity contribution < 1.29 is 42.5 Å². The largest absolute Gasteiger partial charge is 0.496 e. The molecule has 3 amide bonds. The molecule has 0 heterocycles. The molecule has 0 aliphatic heterocycles. The number of hydrogen-bond donors (Lipinski definition) is 3. The summed E-state index contributed by atoms with van der Waals surface area (Å²) in [5.41, 5.74) is 11.6. The van der Waals surface area contributed by atoms with Gasteiger partial charge in [0.15, 0.2) is 5.78 Å². The quantitative estimate of drug-likeness (QED) is 0.0860. The van der Waals surface area contributed by atoms with Crippen molar-refractivity contribution in [3.05, 3.63) is 155 Å². The topological polar surface area (TPSA) is 141 Å². The maximum absolute atomic E-state index is 13.6. The molecule has 6 aromatic rings. The zero-order valence-corrected chi connectivity index (χ0v) is 51.1. The van der Waals surface area contributed by atoms with Gasteiger partial charge in [-0.25, -0.2) is 18.8 Å². The molecular weight excluding hydrogens is 1090 g/mol. The number of hydrogen-bond acceptors (Lipinski definition) is 8. The number of aryl methyl sites for hydroxylation is 3. The monoisotopic (exact) mass is 1170 g/mol. The van der Waals surface area contributed by atoms with E-state index >= 15 is 0 Å². The summed E-state index contributed by atoms with van der Waals surface area (Å²) in [5.74, 6) is 8.14. The molecule has 12 aliphatic rings. The summed E-state index contributed by atoms with van der Waals surface area (Å²) in [7, 11) is 1.71. The Morgan fingerprint density at radius 2 is 0.828 bits per heavy atom. The molecule has 12 aliphatic carbocycles. The van der Waals surface area contributed by atoms with E-state index < -0.39 is 0 Å². The van der Waals surface area contributed by atoms with Crippen molar-refractivity contribution in [1.29, 1.82) is 0 Å². The Labute approximate surface area is 512 Å². The minimum atomic E-state index is -0.351. The van der Waals surface area contributed by atoms with Gasteiger partial charge in [-0.15, -0.1) is 0 Å². The summed E-state index contributed by atoms with van der Waals surface area (Å²) < 4.78 is 37.1. The van der Waals surface area contributed by atoms with Gasteiger partial charge >= 0.3 is 18.3 Å². The molecule has 0 aromatic heterocycles. The second-order valence-electron chi connectivity index (χ2n) is 28.2. The lowest BCUT2D eigenvalue weighted by atomic mass is 9.54. The van der Waals surface area contributed by atoms with Crippen LogP contribution in [0.1, 0.15) is 143 Å². The van der Waals surface area contributed by atoms with Crippen molar-refractivity contribution in [3.63, 3.8) is 0 Å². The van der Waals surface area contributed by atoms with E-state index in [9.17, 15) is 23.6 Å². The fourth-order valence-electron chi connectivity index (χ4n) is 18.8. The van der Waals surface area contributed by atoms with Gasteiger partial charge in [0.05, 0.1) is 7.11 Å². The highest BCUT2D eigenvalue weighted by molar-refractivity contribution is 5.95. The van der Waals surface area contributed by atoms with E-state index in [-0.39, 0.29) is 47.2 Å². The molecule has 12 bridgehead atoms. The lowest BCUT2D eigenvalue weighted by molar-refractivity contribution is -0.124.